The average Bonchev–Trinajstić information content (AvgIpc) is 3.70. The van der Waals surface area contributed by atoms with Crippen molar-refractivity contribution in [2.75, 3.05) is 39.3 Å². The van der Waals surface area contributed by atoms with Crippen molar-refractivity contribution in [2.45, 2.75) is 64.7 Å². The van der Waals surface area contributed by atoms with E-state index >= 15 is 0 Å². The molecule has 11 heteroatoms. The molecule has 1 aliphatic heterocycles. The lowest BCUT2D eigenvalue weighted by Gasteiger charge is -2.35. The molecule has 1 amide bonds. The van der Waals surface area contributed by atoms with Crippen LogP contribution in [0.15, 0.2) is 54.9 Å². The molecule has 2 aromatic carbocycles. The third-order valence-corrected chi connectivity index (χ3v) is 8.64. The maximum absolute atomic E-state index is 12.4. The van der Waals surface area contributed by atoms with Gasteiger partial charge in [0.15, 0.2) is 11.2 Å². The molecule has 1 saturated carbocycles. The molecular weight excluding hydrogens is 592 g/mol. The van der Waals surface area contributed by atoms with Crippen LogP contribution in [0.5, 0.6) is 11.6 Å². The number of piperazine rings is 1. The summed E-state index contributed by atoms with van der Waals surface area (Å²) in [5.41, 5.74) is 2.58. The summed E-state index contributed by atoms with van der Waals surface area (Å²) in [7, 11) is 0. The first kappa shape index (κ1) is 31.1. The summed E-state index contributed by atoms with van der Waals surface area (Å²) in [5, 5.41) is 0.533. The Morgan fingerprint density at radius 1 is 1.02 bits per heavy atom. The molecule has 10 nitrogen and oxygen atoms in total. The van der Waals surface area contributed by atoms with Gasteiger partial charge < -0.3 is 23.7 Å². The predicted molar refractivity (Wildman–Crippen MR) is 174 cm³/mol. The molecule has 0 atom stereocenters. The number of benzene rings is 2. The second-order valence-electron chi connectivity index (χ2n) is 12.8. The summed E-state index contributed by atoms with van der Waals surface area (Å²) in [4.78, 5) is 30.5. The molecule has 2 fully saturated rings. The summed E-state index contributed by atoms with van der Waals surface area (Å²) >= 11 is 6.90. The largest absolute Gasteiger partial charge is 0.492 e. The lowest BCUT2D eigenvalue weighted by molar-refractivity contribution is 0.0137. The van der Waals surface area contributed by atoms with Crippen LogP contribution in [0.3, 0.4) is 0 Å². The van der Waals surface area contributed by atoms with Crippen LogP contribution in [0.25, 0.3) is 22.6 Å². The number of imidazole rings is 1. The van der Waals surface area contributed by atoms with Crippen molar-refractivity contribution in [1.82, 2.24) is 29.3 Å². The quantitative estimate of drug-likeness (QED) is 0.197. The fraction of sp³-hybridized carbons (Fsp3) is 0.471. The lowest BCUT2D eigenvalue weighted by Crippen LogP contribution is -2.50. The highest BCUT2D eigenvalue weighted by molar-refractivity contribution is 6.33. The summed E-state index contributed by atoms with van der Waals surface area (Å²) in [6.45, 7) is 12.4. The first-order valence-corrected chi connectivity index (χ1v) is 16.1. The zero-order valence-corrected chi connectivity index (χ0v) is 27.2. The monoisotopic (exact) mass is 632 g/mol. The number of amides is 1. The Hall–Kier alpha value is -3.89. The number of carbonyl (C=O) groups excluding carboxylic acids is 1. The maximum atomic E-state index is 12.4. The number of fused-ring (bicyclic) bond motifs is 1. The third-order valence-electron chi connectivity index (χ3n) is 8.33. The molecule has 1 aliphatic carbocycles. The van der Waals surface area contributed by atoms with Crippen molar-refractivity contribution < 1.29 is 19.0 Å². The SMILES string of the molecule is CCC1(Oc2ncnc3c2nc(-c2ccc(OCCN4CCN(C(=O)OC(C)(C)C)CC4)cc2Cl)n3Cc2ccccc2)CC1. The molecule has 6 rings (SSSR count). The van der Waals surface area contributed by atoms with Crippen LogP contribution >= 0.6 is 11.6 Å². The van der Waals surface area contributed by atoms with Crippen LogP contribution in [0, 0.1) is 0 Å². The van der Waals surface area contributed by atoms with Gasteiger partial charge in [0.1, 0.15) is 35.7 Å². The van der Waals surface area contributed by atoms with E-state index in [1.54, 1.807) is 11.2 Å². The molecule has 2 aliphatic rings. The van der Waals surface area contributed by atoms with Crippen LogP contribution < -0.4 is 9.47 Å². The molecule has 45 heavy (non-hydrogen) atoms. The van der Waals surface area contributed by atoms with Gasteiger partial charge in [-0.2, -0.15) is 4.98 Å². The Morgan fingerprint density at radius 3 is 2.44 bits per heavy atom. The van der Waals surface area contributed by atoms with Gasteiger partial charge in [-0.25, -0.2) is 14.8 Å². The Morgan fingerprint density at radius 2 is 1.78 bits per heavy atom. The van der Waals surface area contributed by atoms with E-state index in [0.29, 0.717) is 59.9 Å². The van der Waals surface area contributed by atoms with Gasteiger partial charge in [0.2, 0.25) is 5.88 Å². The second-order valence-corrected chi connectivity index (χ2v) is 13.2. The van der Waals surface area contributed by atoms with E-state index in [2.05, 4.69) is 38.5 Å². The van der Waals surface area contributed by atoms with Crippen LogP contribution in [0.1, 0.15) is 52.5 Å². The molecule has 3 heterocycles. The van der Waals surface area contributed by atoms with Gasteiger partial charge in [-0.3, -0.25) is 4.90 Å². The number of halogens is 1. The fourth-order valence-corrected chi connectivity index (χ4v) is 5.78. The molecular formula is C34H41ClN6O4. The van der Waals surface area contributed by atoms with Crippen LogP contribution in [-0.2, 0) is 11.3 Å². The number of nitrogens with zero attached hydrogens (tertiary/aromatic N) is 6. The molecule has 0 bridgehead atoms. The second kappa shape index (κ2) is 12.8. The highest BCUT2D eigenvalue weighted by atomic mass is 35.5. The highest BCUT2D eigenvalue weighted by Gasteiger charge is 2.44. The molecule has 0 radical (unpaired) electrons. The highest BCUT2D eigenvalue weighted by Crippen LogP contribution is 2.44. The zero-order chi connectivity index (χ0) is 31.6. The average molecular weight is 633 g/mol. The molecule has 1 saturated heterocycles. The standard InChI is InChI=1S/C34H41ClN6O4/c1-5-34(13-14-34)44-31-28-30(36-23-37-31)41(22-24-9-7-6-8-10-24)29(38-28)26-12-11-25(21-27(26)35)43-20-19-39-15-17-40(18-16-39)32(42)45-33(2,3)4/h6-12,21,23H,5,13-20,22H2,1-4H3. The van der Waals surface area contributed by atoms with Crippen LogP contribution in [-0.4, -0.2) is 85.9 Å². The fourth-order valence-electron chi connectivity index (χ4n) is 5.52. The minimum Gasteiger partial charge on any atom is -0.492 e. The minimum atomic E-state index is -0.493. The van der Waals surface area contributed by atoms with E-state index < -0.39 is 5.60 Å². The number of hydrogen-bond acceptors (Lipinski definition) is 8. The van der Waals surface area contributed by atoms with Gasteiger partial charge in [-0.15, -0.1) is 0 Å². The van der Waals surface area contributed by atoms with E-state index in [0.717, 1.165) is 50.0 Å². The van der Waals surface area contributed by atoms with Gasteiger partial charge in [-0.05, 0) is 63.8 Å². The smallest absolute Gasteiger partial charge is 0.410 e. The first-order chi connectivity index (χ1) is 21.6. The normalized spacial score (nSPS) is 16.5. The van der Waals surface area contributed by atoms with Crippen LogP contribution in [0.4, 0.5) is 4.79 Å². The van der Waals surface area contributed by atoms with Crippen molar-refractivity contribution in [2.24, 2.45) is 0 Å². The van der Waals surface area contributed by atoms with Gasteiger partial charge in [-0.1, -0.05) is 48.9 Å². The Balaban J connectivity index is 1.16. The first-order valence-electron chi connectivity index (χ1n) is 15.7. The Labute approximate surface area is 269 Å². The maximum Gasteiger partial charge on any atom is 0.410 e. The van der Waals surface area contributed by atoms with Crippen molar-refractivity contribution in [1.29, 1.82) is 0 Å². The van der Waals surface area contributed by atoms with Crippen molar-refractivity contribution in [3.63, 3.8) is 0 Å². The molecule has 238 valence electrons. The molecule has 4 aromatic rings. The summed E-state index contributed by atoms with van der Waals surface area (Å²) in [6.07, 6.45) is 4.25. The minimum absolute atomic E-state index is 0.160. The van der Waals surface area contributed by atoms with Gasteiger partial charge >= 0.3 is 6.09 Å². The third kappa shape index (κ3) is 7.34. The molecule has 2 aromatic heterocycles. The summed E-state index contributed by atoms with van der Waals surface area (Å²) < 4.78 is 20.1. The number of hydrogen-bond donors (Lipinski definition) is 0. The zero-order valence-electron chi connectivity index (χ0n) is 26.5. The van der Waals surface area contributed by atoms with E-state index in [-0.39, 0.29) is 11.7 Å². The van der Waals surface area contributed by atoms with Crippen molar-refractivity contribution in [3.05, 3.63) is 65.4 Å². The Kier molecular flexibility index (Phi) is 8.88. The lowest BCUT2D eigenvalue weighted by atomic mass is 10.2. The van der Waals surface area contributed by atoms with E-state index in [4.69, 9.17) is 30.8 Å². The van der Waals surface area contributed by atoms with E-state index in [9.17, 15) is 4.79 Å². The van der Waals surface area contributed by atoms with E-state index in [1.165, 1.54) is 0 Å². The number of rotatable bonds is 10. The van der Waals surface area contributed by atoms with E-state index in [1.807, 2.05) is 57.2 Å². The number of carbonyl (C=O) groups is 1. The summed E-state index contributed by atoms with van der Waals surface area (Å²) in [6, 6.07) is 15.9. The molecule has 0 spiro atoms. The summed E-state index contributed by atoms with van der Waals surface area (Å²) in [5.74, 6) is 1.89. The van der Waals surface area contributed by atoms with Crippen molar-refractivity contribution in [3.8, 4) is 23.0 Å². The number of ether oxygens (including phenoxy) is 3. The number of aromatic nitrogens is 4. The predicted octanol–water partition coefficient (Wildman–Crippen LogP) is 6.45. The van der Waals surface area contributed by atoms with Gasteiger partial charge in [0, 0.05) is 38.3 Å². The topological polar surface area (TPSA) is 94.8 Å². The van der Waals surface area contributed by atoms with Crippen LogP contribution in [0.2, 0.25) is 5.02 Å². The molecule has 0 N–H and O–H groups in total. The van der Waals surface area contributed by atoms with Gasteiger partial charge in [0.05, 0.1) is 11.6 Å². The molecule has 0 unspecified atom stereocenters. The van der Waals surface area contributed by atoms with Gasteiger partial charge in [0.25, 0.3) is 0 Å². The Bertz CT molecular complexity index is 1640. The van der Waals surface area contributed by atoms with Crippen molar-refractivity contribution >= 4 is 28.9 Å².